The van der Waals surface area contributed by atoms with Crippen LogP contribution in [0.15, 0.2) is 42.7 Å². The molecule has 0 aliphatic rings. The van der Waals surface area contributed by atoms with Gasteiger partial charge in [0.1, 0.15) is 17.7 Å². The van der Waals surface area contributed by atoms with Crippen LogP contribution >= 0.6 is 0 Å². The molecule has 29 heavy (non-hydrogen) atoms. The van der Waals surface area contributed by atoms with E-state index in [1.807, 2.05) is 0 Å². The highest BCUT2D eigenvalue weighted by atomic mass is 19.4. The number of pyridine rings is 1. The fourth-order valence-corrected chi connectivity index (χ4v) is 2.61. The van der Waals surface area contributed by atoms with Crippen molar-refractivity contribution in [2.24, 2.45) is 0 Å². The molecular formula is C18H12F4N6O. The highest BCUT2D eigenvalue weighted by molar-refractivity contribution is 6.05. The Kier molecular flexibility index (Phi) is 5.18. The van der Waals surface area contributed by atoms with Gasteiger partial charge in [-0.25, -0.2) is 9.37 Å². The number of hydrogen-bond acceptors (Lipinski definition) is 5. The van der Waals surface area contributed by atoms with Gasteiger partial charge in [-0.2, -0.15) is 23.5 Å². The summed E-state index contributed by atoms with van der Waals surface area (Å²) in [5.74, 6) is -1.78. The summed E-state index contributed by atoms with van der Waals surface area (Å²) in [6, 6.07) is 7.97. The quantitative estimate of drug-likeness (QED) is 0.649. The monoisotopic (exact) mass is 404 g/mol. The van der Waals surface area contributed by atoms with E-state index in [4.69, 9.17) is 11.0 Å². The van der Waals surface area contributed by atoms with Crippen LogP contribution in [0.1, 0.15) is 27.2 Å². The van der Waals surface area contributed by atoms with Crippen molar-refractivity contribution in [1.29, 1.82) is 5.26 Å². The third-order valence-corrected chi connectivity index (χ3v) is 3.87. The van der Waals surface area contributed by atoms with E-state index in [-0.39, 0.29) is 29.2 Å². The highest BCUT2D eigenvalue weighted by Crippen LogP contribution is 2.33. The molecule has 1 amide bonds. The maximum Gasteiger partial charge on any atom is 0.433 e. The van der Waals surface area contributed by atoms with Crippen LogP contribution in [0, 0.1) is 17.1 Å². The van der Waals surface area contributed by atoms with Crippen LogP contribution in [0.4, 0.5) is 29.1 Å². The van der Waals surface area contributed by atoms with Crippen LogP contribution in [0.5, 0.6) is 0 Å². The number of rotatable bonds is 4. The largest absolute Gasteiger partial charge is 0.433 e. The summed E-state index contributed by atoms with van der Waals surface area (Å²) in [4.78, 5) is 16.1. The molecule has 0 atom stereocenters. The summed E-state index contributed by atoms with van der Waals surface area (Å²) < 4.78 is 54.7. The van der Waals surface area contributed by atoms with Crippen LogP contribution < -0.4 is 11.1 Å². The molecule has 3 rings (SSSR count). The number of nitrogens with one attached hydrogen (secondary N) is 1. The number of benzene rings is 1. The predicted molar refractivity (Wildman–Crippen MR) is 94.0 cm³/mol. The van der Waals surface area contributed by atoms with Gasteiger partial charge in [-0.05, 0) is 23.8 Å². The average Bonchev–Trinajstić information content (AvgIpc) is 3.07. The number of halogens is 4. The van der Waals surface area contributed by atoms with Gasteiger partial charge in [-0.1, -0.05) is 12.1 Å². The number of nitriles is 1. The van der Waals surface area contributed by atoms with Gasteiger partial charge < -0.3 is 11.1 Å². The molecule has 2 heterocycles. The number of nitrogens with two attached hydrogens (primary N) is 1. The SMILES string of the molecule is N#Cc1cc(NC(=O)c2cnn(Cc3cccc(F)c3)c2C(F)(F)F)cnc1N. The fraction of sp³-hybridized carbons (Fsp3) is 0.111. The van der Waals surface area contributed by atoms with Crippen LogP contribution in [-0.4, -0.2) is 20.7 Å². The minimum absolute atomic E-state index is 0.00763. The van der Waals surface area contributed by atoms with Gasteiger partial charge in [0, 0.05) is 0 Å². The van der Waals surface area contributed by atoms with Crippen molar-refractivity contribution in [2.45, 2.75) is 12.7 Å². The number of hydrogen-bond donors (Lipinski definition) is 2. The molecule has 11 heteroatoms. The molecule has 0 bridgehead atoms. The lowest BCUT2D eigenvalue weighted by Gasteiger charge is -2.13. The molecule has 0 fully saturated rings. The number of aromatic nitrogens is 3. The van der Waals surface area contributed by atoms with E-state index in [1.54, 1.807) is 6.07 Å². The van der Waals surface area contributed by atoms with Gasteiger partial charge in [0.25, 0.3) is 5.91 Å². The summed E-state index contributed by atoms with van der Waals surface area (Å²) in [6.45, 7) is -0.387. The van der Waals surface area contributed by atoms with Crippen LogP contribution in [0.3, 0.4) is 0 Å². The van der Waals surface area contributed by atoms with Crippen molar-refractivity contribution in [2.75, 3.05) is 11.1 Å². The first-order valence-corrected chi connectivity index (χ1v) is 8.03. The zero-order valence-corrected chi connectivity index (χ0v) is 14.5. The molecule has 3 N–H and O–H groups in total. The van der Waals surface area contributed by atoms with E-state index >= 15 is 0 Å². The lowest BCUT2D eigenvalue weighted by Crippen LogP contribution is -2.21. The lowest BCUT2D eigenvalue weighted by molar-refractivity contribution is -0.144. The second-order valence-electron chi connectivity index (χ2n) is 5.91. The Labute approximate surface area is 161 Å². The van der Waals surface area contributed by atoms with E-state index < -0.39 is 29.2 Å². The second kappa shape index (κ2) is 7.59. The number of carbonyl (C=O) groups excluding carboxylic acids is 1. The Morgan fingerprint density at radius 1 is 1.28 bits per heavy atom. The second-order valence-corrected chi connectivity index (χ2v) is 5.91. The molecule has 148 valence electrons. The Balaban J connectivity index is 1.94. The summed E-state index contributed by atoms with van der Waals surface area (Å²) in [6.07, 6.45) is -3.01. The maximum absolute atomic E-state index is 13.6. The smallest absolute Gasteiger partial charge is 0.383 e. The standard InChI is InChI=1S/C18H12F4N6O/c19-12-3-1-2-10(4-12)9-28-15(18(20,21)22)14(8-26-28)17(29)27-13-5-11(6-23)16(24)25-7-13/h1-5,7-8H,9H2,(H2,24,25)(H,27,29). The number of anilines is 2. The van der Waals surface area contributed by atoms with E-state index in [2.05, 4.69) is 15.4 Å². The number of nitrogens with zero attached hydrogens (tertiary/aromatic N) is 4. The van der Waals surface area contributed by atoms with Crippen LogP contribution in [-0.2, 0) is 12.7 Å². The summed E-state index contributed by atoms with van der Waals surface area (Å²) in [7, 11) is 0. The first kappa shape index (κ1) is 19.8. The van der Waals surface area contributed by atoms with Gasteiger partial charge in [0.2, 0.25) is 0 Å². The molecule has 0 saturated heterocycles. The number of alkyl halides is 3. The van der Waals surface area contributed by atoms with Crippen molar-refractivity contribution in [1.82, 2.24) is 14.8 Å². The summed E-state index contributed by atoms with van der Waals surface area (Å²) >= 11 is 0. The molecule has 0 aliphatic heterocycles. The summed E-state index contributed by atoms with van der Waals surface area (Å²) in [5, 5.41) is 14.8. The summed E-state index contributed by atoms with van der Waals surface area (Å²) in [5.41, 5.74) is 3.65. The van der Waals surface area contributed by atoms with Gasteiger partial charge in [-0.15, -0.1) is 0 Å². The fourth-order valence-electron chi connectivity index (χ4n) is 2.61. The molecule has 7 nitrogen and oxygen atoms in total. The predicted octanol–water partition coefficient (Wildman–Crippen LogP) is 3.19. The Morgan fingerprint density at radius 3 is 2.69 bits per heavy atom. The molecule has 0 aliphatic carbocycles. The zero-order valence-electron chi connectivity index (χ0n) is 14.5. The lowest BCUT2D eigenvalue weighted by atomic mass is 10.2. The zero-order chi connectivity index (χ0) is 21.2. The average molecular weight is 404 g/mol. The van der Waals surface area contributed by atoms with E-state index in [9.17, 15) is 22.4 Å². The normalized spacial score (nSPS) is 11.1. The van der Waals surface area contributed by atoms with Crippen LogP contribution in [0.2, 0.25) is 0 Å². The molecule has 0 saturated carbocycles. The molecule has 1 aromatic carbocycles. The molecule has 0 unspecified atom stereocenters. The van der Waals surface area contributed by atoms with E-state index in [0.717, 1.165) is 24.5 Å². The molecular weight excluding hydrogens is 392 g/mol. The number of carbonyl (C=O) groups is 1. The number of amides is 1. The van der Waals surface area contributed by atoms with Crippen molar-refractivity contribution >= 4 is 17.4 Å². The third-order valence-electron chi connectivity index (χ3n) is 3.87. The van der Waals surface area contributed by atoms with E-state index in [1.165, 1.54) is 18.2 Å². The van der Waals surface area contributed by atoms with Gasteiger partial charge in [0.15, 0.2) is 5.69 Å². The Hall–Kier alpha value is -3.94. The Bertz CT molecular complexity index is 1120. The third kappa shape index (κ3) is 4.32. The van der Waals surface area contributed by atoms with Gasteiger partial charge >= 0.3 is 6.18 Å². The minimum atomic E-state index is -4.90. The first-order chi connectivity index (χ1) is 13.7. The topological polar surface area (TPSA) is 110 Å². The molecule has 2 aromatic heterocycles. The van der Waals surface area contributed by atoms with Gasteiger partial charge in [-0.3, -0.25) is 9.48 Å². The minimum Gasteiger partial charge on any atom is -0.383 e. The van der Waals surface area contributed by atoms with Crippen LogP contribution in [0.25, 0.3) is 0 Å². The van der Waals surface area contributed by atoms with Crippen molar-refractivity contribution in [3.8, 4) is 6.07 Å². The maximum atomic E-state index is 13.6. The number of nitrogen functional groups attached to an aromatic ring is 1. The van der Waals surface area contributed by atoms with Crippen molar-refractivity contribution in [3.05, 3.63) is 70.9 Å². The Morgan fingerprint density at radius 2 is 2.03 bits per heavy atom. The molecule has 3 aromatic rings. The van der Waals surface area contributed by atoms with Crippen molar-refractivity contribution in [3.63, 3.8) is 0 Å². The first-order valence-electron chi connectivity index (χ1n) is 8.03. The van der Waals surface area contributed by atoms with E-state index in [0.29, 0.717) is 4.68 Å². The van der Waals surface area contributed by atoms with Gasteiger partial charge in [0.05, 0.1) is 35.8 Å². The molecule has 0 spiro atoms. The highest BCUT2D eigenvalue weighted by Gasteiger charge is 2.40. The molecule has 0 radical (unpaired) electrons. The van der Waals surface area contributed by atoms with Crippen molar-refractivity contribution < 1.29 is 22.4 Å².